The summed E-state index contributed by atoms with van der Waals surface area (Å²) >= 11 is 3.22. The van der Waals surface area contributed by atoms with Gasteiger partial charge >= 0.3 is 35.5 Å². The maximum absolute atomic E-state index is 10.2. The molecule has 0 unspecified atom stereocenters. The van der Waals surface area contributed by atoms with Crippen molar-refractivity contribution in [1.82, 2.24) is 0 Å². The third-order valence-electron chi connectivity index (χ3n) is 0.493. The van der Waals surface area contributed by atoms with Crippen molar-refractivity contribution in [3.8, 4) is 0 Å². The van der Waals surface area contributed by atoms with Crippen molar-refractivity contribution >= 4 is 24.8 Å². The molecule has 0 atom stereocenters. The number of rotatable bonds is 2. The molecule has 0 fully saturated rings. The minimum absolute atomic E-state index is 0. The molecule has 0 aromatic heterocycles. The Morgan fingerprint density at radius 3 is 2.50 bits per heavy atom. The van der Waals surface area contributed by atoms with Gasteiger partial charge in [-0.15, -0.1) is 0 Å². The van der Waals surface area contributed by atoms with E-state index >= 15 is 0 Å². The quantitative estimate of drug-likeness (QED) is 0.130. The van der Waals surface area contributed by atoms with Crippen molar-refractivity contribution in [2.24, 2.45) is 16.5 Å². The number of hydrogen-bond acceptors (Lipinski definition) is 4. The fraction of sp³-hybridized carbons (Fsp3) is 0.333. The first kappa shape index (κ1) is 12.7. The molecular weight excluding hydrogens is 165 g/mol. The first-order chi connectivity index (χ1) is 4.16. The minimum Gasteiger partial charge on any atom is -1.00 e. The molecule has 4 N–H and O–H groups in total. The van der Waals surface area contributed by atoms with E-state index in [4.69, 9.17) is 11.5 Å². The van der Waals surface area contributed by atoms with Gasteiger partial charge in [-0.1, -0.05) is 0 Å². The fourth-order valence-corrected chi connectivity index (χ4v) is 0.242. The Balaban J connectivity index is -0.000000320. The molecule has 0 aliphatic rings. The summed E-state index contributed by atoms with van der Waals surface area (Å²) in [5.74, 6) is -0.736. The van der Waals surface area contributed by atoms with Gasteiger partial charge in [-0.25, -0.2) is 9.79 Å². The van der Waals surface area contributed by atoms with Crippen LogP contribution in [0.15, 0.2) is 4.99 Å². The maximum atomic E-state index is 10.2. The number of guanidine groups is 1. The average Bonchev–Trinajstić information content (AvgIpc) is 1.83. The summed E-state index contributed by atoms with van der Waals surface area (Å²) in [6.07, 6.45) is 0. The van der Waals surface area contributed by atoms with Crippen molar-refractivity contribution in [2.45, 2.75) is 0 Å². The molecule has 54 valence electrons. The molecule has 0 saturated heterocycles. The Labute approximate surface area is 87.6 Å². The molecular formula is C3H8N3NaO2S. The summed E-state index contributed by atoms with van der Waals surface area (Å²) in [4.78, 5) is 13.5. The predicted molar refractivity (Wildman–Crippen MR) is 36.9 cm³/mol. The third-order valence-corrected chi connectivity index (χ3v) is 0.696. The van der Waals surface area contributed by atoms with Crippen LogP contribution in [-0.4, -0.2) is 18.5 Å². The molecule has 0 radical (unpaired) electrons. The molecule has 0 saturated carbocycles. The Hall–Kier alpha value is 0.0900. The van der Waals surface area contributed by atoms with Crippen molar-refractivity contribution in [3.05, 3.63) is 0 Å². The van der Waals surface area contributed by atoms with Crippen LogP contribution in [0.5, 0.6) is 0 Å². The summed E-state index contributed by atoms with van der Waals surface area (Å²) in [6.45, 7) is -0.189. The van der Waals surface area contributed by atoms with E-state index in [-0.39, 0.29) is 43.5 Å². The number of nitrogens with zero attached hydrogens (tertiary/aromatic N) is 1. The molecule has 10 heavy (non-hydrogen) atoms. The molecule has 0 aliphatic heterocycles. The topological polar surface area (TPSA) is 90.7 Å². The van der Waals surface area contributed by atoms with E-state index in [1.165, 1.54) is 0 Å². The van der Waals surface area contributed by atoms with Gasteiger partial charge in [0.2, 0.25) is 0 Å². The van der Waals surface area contributed by atoms with Crippen LogP contribution in [0, 0.1) is 0 Å². The van der Waals surface area contributed by atoms with E-state index in [9.17, 15) is 4.79 Å². The molecule has 0 rings (SSSR count). The largest absolute Gasteiger partial charge is 1.00 e. The first-order valence-electron chi connectivity index (χ1n) is 2.06. The Morgan fingerprint density at radius 2 is 2.20 bits per heavy atom. The van der Waals surface area contributed by atoms with Gasteiger partial charge in [-0.3, -0.25) is 0 Å². The van der Waals surface area contributed by atoms with Crippen molar-refractivity contribution < 1.29 is 40.0 Å². The fourth-order valence-electron chi connectivity index (χ4n) is 0.185. The molecule has 0 spiro atoms. The number of hydrogen-bond donors (Lipinski definition) is 3. The molecule has 0 aliphatic carbocycles. The van der Waals surface area contributed by atoms with E-state index < -0.39 is 5.97 Å². The first-order valence-corrected chi connectivity index (χ1v) is 2.43. The van der Waals surface area contributed by atoms with Crippen LogP contribution in [0.2, 0.25) is 0 Å². The Morgan fingerprint density at radius 1 is 1.70 bits per heavy atom. The number of aliphatic imine (C=N–C) groups is 1. The molecule has 0 bridgehead atoms. The molecule has 0 aromatic rings. The number of carbonyl (C=O) groups excluding carboxylic acids is 1. The van der Waals surface area contributed by atoms with Crippen molar-refractivity contribution in [1.29, 1.82) is 0 Å². The molecule has 0 amide bonds. The normalized spacial score (nSPS) is 7.30. The number of thiol groups is 1. The van der Waals surface area contributed by atoms with Gasteiger partial charge in [-0.2, -0.15) is 0 Å². The van der Waals surface area contributed by atoms with Gasteiger partial charge in [0.1, 0.15) is 6.54 Å². The molecule has 5 nitrogen and oxygen atoms in total. The van der Waals surface area contributed by atoms with E-state index in [0.717, 1.165) is 0 Å². The van der Waals surface area contributed by atoms with Gasteiger partial charge in [-0.05, 0) is 0 Å². The monoisotopic (exact) mass is 173 g/mol. The predicted octanol–water partition coefficient (Wildman–Crippen LogP) is -4.24. The van der Waals surface area contributed by atoms with E-state index in [1.54, 1.807) is 0 Å². The second kappa shape index (κ2) is 7.20. The van der Waals surface area contributed by atoms with Gasteiger partial charge in [0.15, 0.2) is 5.96 Å². The van der Waals surface area contributed by atoms with Crippen molar-refractivity contribution in [3.63, 3.8) is 0 Å². The summed E-state index contributed by atoms with van der Waals surface area (Å²) in [6, 6.07) is 0. The maximum Gasteiger partial charge on any atom is 1.00 e. The summed E-state index contributed by atoms with van der Waals surface area (Å²) in [7, 11) is 0. The number of carbonyl (C=O) groups is 1. The van der Waals surface area contributed by atoms with E-state index in [1.807, 2.05) is 0 Å². The third kappa shape index (κ3) is 8.09. The minimum atomic E-state index is -0.591. The van der Waals surface area contributed by atoms with Gasteiger partial charge in [0.25, 0.3) is 0 Å². The van der Waals surface area contributed by atoms with Crippen LogP contribution >= 0.6 is 12.9 Å². The second-order valence-corrected chi connectivity index (χ2v) is 1.39. The smallest absolute Gasteiger partial charge is 1.00 e. The summed E-state index contributed by atoms with van der Waals surface area (Å²) < 4.78 is 3.94. The van der Waals surface area contributed by atoms with E-state index in [0.29, 0.717) is 0 Å². The molecule has 7 heteroatoms. The molecule has 0 heterocycles. The number of nitrogens with two attached hydrogens (primary N) is 2. The average molecular weight is 173 g/mol. The zero-order valence-electron chi connectivity index (χ0n) is 6.57. The zero-order chi connectivity index (χ0) is 7.28. The van der Waals surface area contributed by atoms with Crippen LogP contribution in [0.4, 0.5) is 0 Å². The summed E-state index contributed by atoms with van der Waals surface area (Å²) in [5, 5.41) is 0. The standard InChI is InChI=1S/C3H7N3O2S.Na.H/c4-3(5)6-1-2(7)8-9;;/h9H,1H2,(H4,4,5,6);;/q;+1;-1. The van der Waals surface area contributed by atoms with E-state index in [2.05, 4.69) is 22.1 Å². The van der Waals surface area contributed by atoms with Crippen molar-refractivity contribution in [2.75, 3.05) is 6.54 Å². The Bertz CT molecular complexity index is 141. The SMILES string of the molecule is NC(N)=NCC(=O)OS.[H-].[Na+]. The van der Waals surface area contributed by atoms with Crippen LogP contribution in [-0.2, 0) is 8.98 Å². The zero-order valence-corrected chi connectivity index (χ0v) is 8.47. The second-order valence-electron chi connectivity index (χ2n) is 1.20. The van der Waals surface area contributed by atoms with Crippen LogP contribution in [0.25, 0.3) is 0 Å². The van der Waals surface area contributed by atoms with Gasteiger partial charge in [0.05, 0.1) is 0 Å². The molecule has 0 aromatic carbocycles. The van der Waals surface area contributed by atoms with Gasteiger partial charge < -0.3 is 17.1 Å². The summed E-state index contributed by atoms with van der Waals surface area (Å²) in [5.41, 5.74) is 9.78. The van der Waals surface area contributed by atoms with Gasteiger partial charge in [0, 0.05) is 12.9 Å². The Kier molecular flexibility index (Phi) is 9.17. The van der Waals surface area contributed by atoms with Crippen LogP contribution < -0.4 is 41.0 Å². The van der Waals surface area contributed by atoms with Crippen LogP contribution in [0.3, 0.4) is 0 Å². The van der Waals surface area contributed by atoms with Crippen LogP contribution in [0.1, 0.15) is 1.43 Å².